The fraction of sp³-hybridized carbons (Fsp3) is 0.0714. The molecule has 0 unspecified atom stereocenters. The smallest absolute Gasteiger partial charge is 0.404 e. The highest BCUT2D eigenvalue weighted by molar-refractivity contribution is 7.92. The predicted molar refractivity (Wildman–Crippen MR) is 83.1 cm³/mol. The molecular formula is C14H10F3N5O3S. The van der Waals surface area contributed by atoms with Crippen LogP contribution < -0.4 is 9.46 Å². The second-order valence-electron chi connectivity index (χ2n) is 4.81. The fourth-order valence-electron chi connectivity index (χ4n) is 2.05. The summed E-state index contributed by atoms with van der Waals surface area (Å²) in [7, 11) is -4.43. The topological polar surface area (TPSA) is 99.0 Å². The molecule has 2 heterocycles. The molecule has 0 atom stereocenters. The van der Waals surface area contributed by atoms with Crippen LogP contribution in [0.25, 0.3) is 5.82 Å². The Morgan fingerprint density at radius 1 is 1.15 bits per heavy atom. The molecule has 0 fully saturated rings. The maximum atomic E-state index is 12.6. The van der Waals surface area contributed by atoms with Crippen LogP contribution in [0.2, 0.25) is 0 Å². The van der Waals surface area contributed by atoms with Gasteiger partial charge in [0.1, 0.15) is 22.7 Å². The van der Waals surface area contributed by atoms with Gasteiger partial charge in [-0.15, -0.1) is 13.2 Å². The summed E-state index contributed by atoms with van der Waals surface area (Å²) in [6, 6.07) is 5.97. The van der Waals surface area contributed by atoms with Crippen LogP contribution >= 0.6 is 0 Å². The van der Waals surface area contributed by atoms with E-state index in [1.165, 1.54) is 35.5 Å². The lowest BCUT2D eigenvalue weighted by molar-refractivity contribution is -0.275. The summed E-state index contributed by atoms with van der Waals surface area (Å²) < 4.78 is 69.9. The minimum absolute atomic E-state index is 0.0713. The third-order valence-corrected chi connectivity index (χ3v) is 4.43. The number of sulfonamides is 1. The second kappa shape index (κ2) is 6.63. The summed E-state index contributed by atoms with van der Waals surface area (Å²) in [5, 5.41) is 3.93. The number of rotatable bonds is 5. The molecule has 0 saturated heterocycles. The van der Waals surface area contributed by atoms with Crippen LogP contribution in [0, 0.1) is 0 Å². The number of ether oxygens (including phenoxy) is 1. The van der Waals surface area contributed by atoms with Gasteiger partial charge in [0.15, 0.2) is 5.82 Å². The average Bonchev–Trinajstić information content (AvgIpc) is 3.08. The maximum absolute atomic E-state index is 12.6. The Kier molecular flexibility index (Phi) is 4.50. The first-order valence-electron chi connectivity index (χ1n) is 6.94. The standard InChI is InChI=1S/C14H10F3N5O3S/c15-14(16,17)25-11-4-1-2-5-12(11)26(23,24)21-10-8-18-9-19-13(10)22-7-3-6-20-22/h1-9,21H. The quantitative estimate of drug-likeness (QED) is 0.724. The Hall–Kier alpha value is -3.15. The van der Waals surface area contributed by atoms with E-state index < -0.39 is 27.0 Å². The summed E-state index contributed by atoms with van der Waals surface area (Å²) >= 11 is 0. The summed E-state index contributed by atoms with van der Waals surface area (Å²) in [6.07, 6.45) is 0.264. The highest BCUT2D eigenvalue weighted by Gasteiger charge is 2.34. The molecule has 3 rings (SSSR count). The lowest BCUT2D eigenvalue weighted by Crippen LogP contribution is -2.21. The third kappa shape index (κ3) is 3.91. The van der Waals surface area contributed by atoms with Crippen LogP contribution in [0.1, 0.15) is 0 Å². The van der Waals surface area contributed by atoms with Crippen LogP contribution in [0.4, 0.5) is 18.9 Å². The molecule has 0 amide bonds. The lowest BCUT2D eigenvalue weighted by atomic mass is 10.3. The van der Waals surface area contributed by atoms with Gasteiger partial charge < -0.3 is 4.74 Å². The summed E-state index contributed by atoms with van der Waals surface area (Å²) in [6.45, 7) is 0. The summed E-state index contributed by atoms with van der Waals surface area (Å²) in [5.41, 5.74) is -0.0713. The van der Waals surface area contributed by atoms with Gasteiger partial charge in [-0.25, -0.2) is 23.1 Å². The van der Waals surface area contributed by atoms with Crippen LogP contribution in [0.5, 0.6) is 5.75 Å². The molecule has 0 aliphatic rings. The molecular weight excluding hydrogens is 375 g/mol. The monoisotopic (exact) mass is 385 g/mol. The highest BCUT2D eigenvalue weighted by Crippen LogP contribution is 2.31. The van der Waals surface area contributed by atoms with E-state index in [2.05, 4.69) is 24.5 Å². The second-order valence-corrected chi connectivity index (χ2v) is 6.46. The molecule has 12 heteroatoms. The number of hydrogen-bond donors (Lipinski definition) is 1. The molecule has 1 N–H and O–H groups in total. The van der Waals surface area contributed by atoms with Crippen molar-refractivity contribution in [3.63, 3.8) is 0 Å². The zero-order valence-electron chi connectivity index (χ0n) is 12.8. The number of nitrogens with zero attached hydrogens (tertiary/aromatic N) is 4. The summed E-state index contributed by atoms with van der Waals surface area (Å²) in [4.78, 5) is 6.97. The largest absolute Gasteiger partial charge is 0.573 e. The van der Waals surface area contributed by atoms with Gasteiger partial charge in [0.05, 0.1) is 6.20 Å². The van der Waals surface area contributed by atoms with E-state index in [1.807, 2.05) is 0 Å². The number of aromatic nitrogens is 4. The molecule has 0 saturated carbocycles. The molecule has 26 heavy (non-hydrogen) atoms. The molecule has 0 spiro atoms. The van der Waals surface area contributed by atoms with Gasteiger partial charge in [0, 0.05) is 12.4 Å². The number of hydrogen-bond acceptors (Lipinski definition) is 6. The Bertz CT molecular complexity index is 1010. The van der Waals surface area contributed by atoms with Crippen molar-refractivity contribution in [2.45, 2.75) is 11.3 Å². The SMILES string of the molecule is O=S(=O)(Nc1cncnc1-n1cccn1)c1ccccc1OC(F)(F)F. The van der Waals surface area contributed by atoms with Crippen LogP contribution in [0.15, 0.2) is 60.1 Å². The number of anilines is 1. The van der Waals surface area contributed by atoms with Crippen molar-refractivity contribution in [2.75, 3.05) is 4.72 Å². The number of benzene rings is 1. The first-order chi connectivity index (χ1) is 12.3. The third-order valence-electron chi connectivity index (χ3n) is 3.02. The molecule has 136 valence electrons. The van der Waals surface area contributed by atoms with Crippen molar-refractivity contribution in [1.29, 1.82) is 0 Å². The van der Waals surface area contributed by atoms with Crippen molar-refractivity contribution in [2.24, 2.45) is 0 Å². The van der Waals surface area contributed by atoms with Gasteiger partial charge in [-0.05, 0) is 18.2 Å². The molecule has 0 aliphatic heterocycles. The lowest BCUT2D eigenvalue weighted by Gasteiger charge is -2.15. The molecule has 8 nitrogen and oxygen atoms in total. The minimum Gasteiger partial charge on any atom is -0.404 e. The van der Waals surface area contributed by atoms with E-state index >= 15 is 0 Å². The van der Waals surface area contributed by atoms with Gasteiger partial charge in [0.25, 0.3) is 10.0 Å². The predicted octanol–water partition coefficient (Wildman–Crippen LogP) is 2.36. The van der Waals surface area contributed by atoms with E-state index in [0.29, 0.717) is 0 Å². The molecule has 1 aromatic carbocycles. The van der Waals surface area contributed by atoms with Crippen molar-refractivity contribution < 1.29 is 26.3 Å². The van der Waals surface area contributed by atoms with E-state index in [9.17, 15) is 21.6 Å². The van der Waals surface area contributed by atoms with Gasteiger partial charge in [0.2, 0.25) is 0 Å². The Balaban J connectivity index is 2.00. The Morgan fingerprint density at radius 2 is 1.92 bits per heavy atom. The Labute approximate surface area is 145 Å². The van der Waals surface area contributed by atoms with Crippen molar-refractivity contribution in [1.82, 2.24) is 19.7 Å². The Morgan fingerprint density at radius 3 is 2.62 bits per heavy atom. The summed E-state index contributed by atoms with van der Waals surface area (Å²) in [5.74, 6) is -0.757. The number of nitrogens with one attached hydrogen (secondary N) is 1. The van der Waals surface area contributed by atoms with E-state index in [-0.39, 0.29) is 11.5 Å². The fourth-order valence-corrected chi connectivity index (χ4v) is 3.23. The van der Waals surface area contributed by atoms with Crippen LogP contribution in [-0.2, 0) is 10.0 Å². The molecule has 0 radical (unpaired) electrons. The number of halogens is 3. The highest BCUT2D eigenvalue weighted by atomic mass is 32.2. The van der Waals surface area contributed by atoms with Crippen molar-refractivity contribution in [3.05, 3.63) is 55.2 Å². The van der Waals surface area contributed by atoms with Gasteiger partial charge in [-0.3, -0.25) is 4.72 Å². The van der Waals surface area contributed by atoms with Gasteiger partial charge in [-0.2, -0.15) is 5.10 Å². The molecule has 0 bridgehead atoms. The van der Waals surface area contributed by atoms with E-state index in [4.69, 9.17) is 0 Å². The first kappa shape index (κ1) is 17.7. The molecule has 0 aliphatic carbocycles. The normalized spacial score (nSPS) is 12.0. The number of alkyl halides is 3. The minimum atomic E-state index is -5.04. The maximum Gasteiger partial charge on any atom is 0.573 e. The van der Waals surface area contributed by atoms with Gasteiger partial charge in [-0.1, -0.05) is 12.1 Å². The van der Waals surface area contributed by atoms with Crippen molar-refractivity contribution in [3.8, 4) is 11.6 Å². The number of para-hydroxylation sites is 1. The van der Waals surface area contributed by atoms with E-state index in [1.54, 1.807) is 6.07 Å². The average molecular weight is 385 g/mol. The molecule has 3 aromatic rings. The zero-order valence-corrected chi connectivity index (χ0v) is 13.6. The van der Waals surface area contributed by atoms with Crippen LogP contribution in [0.3, 0.4) is 0 Å². The van der Waals surface area contributed by atoms with Gasteiger partial charge >= 0.3 is 6.36 Å². The molecule has 2 aromatic heterocycles. The zero-order chi connectivity index (χ0) is 18.8. The van der Waals surface area contributed by atoms with Crippen molar-refractivity contribution >= 4 is 15.7 Å². The van der Waals surface area contributed by atoms with E-state index in [0.717, 1.165) is 18.3 Å². The first-order valence-corrected chi connectivity index (χ1v) is 8.42. The van der Waals surface area contributed by atoms with Crippen LogP contribution in [-0.4, -0.2) is 34.5 Å².